The van der Waals surface area contributed by atoms with Crippen molar-refractivity contribution in [3.05, 3.63) is 63.2 Å². The third-order valence-corrected chi connectivity index (χ3v) is 8.20. The highest BCUT2D eigenvalue weighted by molar-refractivity contribution is 6.08. The summed E-state index contributed by atoms with van der Waals surface area (Å²) in [6.45, 7) is 11.0. The van der Waals surface area contributed by atoms with Crippen molar-refractivity contribution in [2.24, 2.45) is 5.92 Å². The number of hydrogen-bond donors (Lipinski definition) is 2. The van der Waals surface area contributed by atoms with Crippen molar-refractivity contribution in [1.29, 1.82) is 0 Å². The van der Waals surface area contributed by atoms with Crippen molar-refractivity contribution < 1.29 is 19.1 Å². The summed E-state index contributed by atoms with van der Waals surface area (Å²) in [6, 6.07) is 9.80. The topological polar surface area (TPSA) is 106 Å². The Labute approximate surface area is 229 Å². The number of aromatic nitrogens is 2. The Morgan fingerprint density at radius 2 is 1.82 bits per heavy atom. The molecule has 0 bridgehead atoms. The molecular formula is C30H40N4O5. The molecule has 0 aliphatic carbocycles. The van der Waals surface area contributed by atoms with Gasteiger partial charge in [0.05, 0.1) is 24.8 Å². The van der Waals surface area contributed by atoms with Crippen LogP contribution in [0, 0.1) is 19.8 Å². The van der Waals surface area contributed by atoms with E-state index in [0.29, 0.717) is 41.6 Å². The van der Waals surface area contributed by atoms with Crippen molar-refractivity contribution in [3.63, 3.8) is 0 Å². The summed E-state index contributed by atoms with van der Waals surface area (Å²) in [4.78, 5) is 43.6. The number of piperidine rings is 1. The number of aromatic amines is 1. The Kier molecular flexibility index (Phi) is 8.20. The minimum Gasteiger partial charge on any atom is -0.496 e. The summed E-state index contributed by atoms with van der Waals surface area (Å²) in [7, 11) is 3.08. The minimum absolute atomic E-state index is 0.0155. The van der Waals surface area contributed by atoms with E-state index in [0.717, 1.165) is 29.4 Å². The molecule has 9 heteroatoms. The van der Waals surface area contributed by atoms with Crippen molar-refractivity contribution >= 4 is 22.7 Å². The van der Waals surface area contributed by atoms with E-state index in [4.69, 9.17) is 9.47 Å². The molecule has 2 aromatic heterocycles. The number of pyridine rings is 1. The van der Waals surface area contributed by atoms with Crippen LogP contribution in [0.3, 0.4) is 0 Å². The number of rotatable bonds is 8. The number of hydrogen-bond acceptors (Lipinski definition) is 5. The van der Waals surface area contributed by atoms with Gasteiger partial charge in [-0.1, -0.05) is 18.2 Å². The molecule has 1 saturated heterocycles. The zero-order valence-electron chi connectivity index (χ0n) is 24.0. The number of nitrogens with one attached hydrogen (secondary N) is 2. The molecule has 0 spiro atoms. The first-order valence-electron chi connectivity index (χ1n) is 13.5. The highest BCUT2D eigenvalue weighted by atomic mass is 16.5. The first-order valence-corrected chi connectivity index (χ1v) is 13.5. The average molecular weight is 537 g/mol. The van der Waals surface area contributed by atoms with E-state index in [1.54, 1.807) is 33.9 Å². The number of fused-ring (bicyclic) bond motifs is 1. The number of carbonyl (C=O) groups is 2. The van der Waals surface area contributed by atoms with E-state index < -0.39 is 5.60 Å². The Balaban J connectivity index is 1.57. The molecule has 1 atom stereocenters. The first-order chi connectivity index (χ1) is 18.5. The summed E-state index contributed by atoms with van der Waals surface area (Å²) in [5, 5.41) is 3.82. The van der Waals surface area contributed by atoms with E-state index in [2.05, 4.69) is 21.8 Å². The quantitative estimate of drug-likeness (QED) is 0.451. The molecule has 1 aliphatic rings. The molecule has 1 aromatic carbocycles. The molecule has 1 aliphatic heterocycles. The van der Waals surface area contributed by atoms with Gasteiger partial charge in [0.25, 0.3) is 17.4 Å². The van der Waals surface area contributed by atoms with Crippen LogP contribution in [0.5, 0.6) is 5.75 Å². The Morgan fingerprint density at radius 3 is 2.46 bits per heavy atom. The van der Waals surface area contributed by atoms with Gasteiger partial charge in [-0.05, 0) is 65.5 Å². The fourth-order valence-electron chi connectivity index (χ4n) is 5.76. The monoisotopic (exact) mass is 536 g/mol. The van der Waals surface area contributed by atoms with Gasteiger partial charge in [0.15, 0.2) is 0 Å². The Hall–Kier alpha value is -3.59. The molecule has 210 valence electrons. The summed E-state index contributed by atoms with van der Waals surface area (Å²) in [5.74, 6) is 0.573. The van der Waals surface area contributed by atoms with E-state index in [1.807, 2.05) is 36.1 Å². The molecule has 3 aromatic rings. The normalized spacial score (nSPS) is 15.4. The lowest BCUT2D eigenvalue weighted by Gasteiger charge is -2.38. The number of para-hydroxylation sites is 1. The maximum absolute atomic E-state index is 13.5. The van der Waals surface area contributed by atoms with Crippen molar-refractivity contribution in [1.82, 2.24) is 19.8 Å². The van der Waals surface area contributed by atoms with Crippen LogP contribution in [-0.2, 0) is 16.1 Å². The first kappa shape index (κ1) is 28.4. The molecule has 2 N–H and O–H groups in total. The molecule has 3 heterocycles. The third kappa shape index (κ3) is 5.45. The molecule has 4 rings (SSSR count). The van der Waals surface area contributed by atoms with Gasteiger partial charge in [0, 0.05) is 48.5 Å². The van der Waals surface area contributed by atoms with Gasteiger partial charge in [0.1, 0.15) is 11.4 Å². The molecule has 9 nitrogen and oxygen atoms in total. The summed E-state index contributed by atoms with van der Waals surface area (Å²) < 4.78 is 13.0. The number of likely N-dealkylation sites (tertiary alicyclic amines) is 1. The van der Waals surface area contributed by atoms with Gasteiger partial charge in [-0.2, -0.15) is 0 Å². The number of methoxy groups -OCH3 is 2. The van der Waals surface area contributed by atoms with Gasteiger partial charge in [-0.15, -0.1) is 0 Å². The SMILES string of the molecule is COc1cc(C)[nH]c(=O)c1CNC(=O)c1c(C)n([C@H](C)C2CCN(C(=O)C(C)(C)OC)CC2)c2ccccc12. The molecule has 2 amide bonds. The van der Waals surface area contributed by atoms with Crippen LogP contribution in [-0.4, -0.2) is 59.2 Å². The number of ether oxygens (including phenoxy) is 2. The van der Waals surface area contributed by atoms with Crippen LogP contribution in [0.2, 0.25) is 0 Å². The lowest BCUT2D eigenvalue weighted by molar-refractivity contribution is -0.152. The van der Waals surface area contributed by atoms with Crippen LogP contribution in [0.4, 0.5) is 0 Å². The number of amides is 2. The molecule has 0 unspecified atom stereocenters. The van der Waals surface area contributed by atoms with Crippen LogP contribution >= 0.6 is 0 Å². The molecule has 1 fully saturated rings. The molecule has 0 radical (unpaired) electrons. The Bertz CT molecular complexity index is 1430. The van der Waals surface area contributed by atoms with Crippen molar-refractivity contribution in [2.75, 3.05) is 27.3 Å². The van der Waals surface area contributed by atoms with E-state index in [1.165, 1.54) is 7.11 Å². The fraction of sp³-hybridized carbons (Fsp3) is 0.500. The predicted octanol–water partition coefficient (Wildman–Crippen LogP) is 4.11. The third-order valence-electron chi connectivity index (χ3n) is 8.20. The van der Waals surface area contributed by atoms with Gasteiger partial charge < -0.3 is 29.2 Å². The number of carbonyl (C=O) groups excluding carboxylic acids is 2. The number of nitrogens with zero attached hydrogens (tertiary/aromatic N) is 2. The van der Waals surface area contributed by atoms with Crippen LogP contribution in [0.15, 0.2) is 35.1 Å². The number of aryl methyl sites for hydroxylation is 1. The summed E-state index contributed by atoms with van der Waals surface area (Å²) in [5.41, 5.74) is 2.44. The van der Waals surface area contributed by atoms with E-state index in [-0.39, 0.29) is 30.0 Å². The van der Waals surface area contributed by atoms with Crippen LogP contribution < -0.4 is 15.6 Å². The predicted molar refractivity (Wildman–Crippen MR) is 151 cm³/mol. The molecule has 39 heavy (non-hydrogen) atoms. The van der Waals surface area contributed by atoms with Crippen molar-refractivity contribution in [2.45, 2.75) is 65.6 Å². The zero-order chi connectivity index (χ0) is 28.5. The van der Waals surface area contributed by atoms with Gasteiger partial charge in [0.2, 0.25) is 0 Å². The molecule has 0 saturated carbocycles. The zero-order valence-corrected chi connectivity index (χ0v) is 24.0. The van der Waals surface area contributed by atoms with Crippen LogP contribution in [0.1, 0.15) is 67.0 Å². The van der Waals surface area contributed by atoms with E-state index in [9.17, 15) is 14.4 Å². The molecular weight excluding hydrogens is 496 g/mol. The maximum Gasteiger partial charge on any atom is 0.256 e. The summed E-state index contributed by atoms with van der Waals surface area (Å²) >= 11 is 0. The van der Waals surface area contributed by atoms with Gasteiger partial charge >= 0.3 is 0 Å². The van der Waals surface area contributed by atoms with Gasteiger partial charge in [-0.3, -0.25) is 14.4 Å². The van der Waals surface area contributed by atoms with Crippen molar-refractivity contribution in [3.8, 4) is 5.75 Å². The number of benzene rings is 1. The second-order valence-corrected chi connectivity index (χ2v) is 10.9. The minimum atomic E-state index is -0.832. The smallest absolute Gasteiger partial charge is 0.256 e. The average Bonchev–Trinajstić information content (AvgIpc) is 3.22. The lowest BCUT2D eigenvalue weighted by atomic mass is 9.89. The maximum atomic E-state index is 13.5. The standard InChI is InChI=1S/C30H40N4O5/c1-18-16-25(38-6)23(27(35)32-18)17-31-28(36)26-20(3)34(24-11-9-8-10-22(24)26)19(2)21-12-14-33(15-13-21)29(37)30(4,5)39-7/h8-11,16,19,21H,12-15,17H2,1-7H3,(H,31,36)(H,32,35)/t19-/m1/s1. The second kappa shape index (κ2) is 11.3. The summed E-state index contributed by atoms with van der Waals surface area (Å²) in [6.07, 6.45) is 1.74. The largest absolute Gasteiger partial charge is 0.496 e. The van der Waals surface area contributed by atoms with Crippen LogP contribution in [0.25, 0.3) is 10.9 Å². The van der Waals surface area contributed by atoms with Gasteiger partial charge in [-0.25, -0.2) is 0 Å². The van der Waals surface area contributed by atoms with E-state index >= 15 is 0 Å². The highest BCUT2D eigenvalue weighted by Gasteiger charge is 2.36. The lowest BCUT2D eigenvalue weighted by Crippen LogP contribution is -2.49. The highest BCUT2D eigenvalue weighted by Crippen LogP contribution is 2.36. The number of H-pyrrole nitrogens is 1. The fourth-order valence-corrected chi connectivity index (χ4v) is 5.76. The second-order valence-electron chi connectivity index (χ2n) is 10.9. The Morgan fingerprint density at radius 1 is 1.15 bits per heavy atom.